The lowest BCUT2D eigenvalue weighted by atomic mass is 10.1. The fourth-order valence-corrected chi connectivity index (χ4v) is 4.54. The summed E-state index contributed by atoms with van der Waals surface area (Å²) >= 11 is 0. The van der Waals surface area contributed by atoms with Crippen LogP contribution in [0.25, 0.3) is 0 Å². The molecule has 0 saturated carbocycles. The molecule has 0 radical (unpaired) electrons. The molecule has 0 heterocycles. The minimum absolute atomic E-state index is 0.180. The summed E-state index contributed by atoms with van der Waals surface area (Å²) in [6, 6.07) is 19.9. The van der Waals surface area contributed by atoms with E-state index in [4.69, 9.17) is 4.74 Å². The van der Waals surface area contributed by atoms with Gasteiger partial charge in [0, 0.05) is 5.56 Å². The molecule has 0 aliphatic carbocycles. The molecular formula is C25H28N2O4S. The quantitative estimate of drug-likeness (QED) is 0.526. The zero-order chi connectivity index (χ0) is 23.3. The van der Waals surface area contributed by atoms with Gasteiger partial charge in [0.15, 0.2) is 0 Å². The number of benzene rings is 3. The van der Waals surface area contributed by atoms with Crippen molar-refractivity contribution in [3.05, 3.63) is 89.0 Å². The first kappa shape index (κ1) is 23.3. The average molecular weight is 453 g/mol. The maximum Gasteiger partial charge on any atom is 0.255 e. The minimum atomic E-state index is -3.50. The number of aryl methyl sites for hydroxylation is 2. The van der Waals surface area contributed by atoms with Crippen LogP contribution < -0.4 is 14.4 Å². The van der Waals surface area contributed by atoms with Crippen LogP contribution in [0.1, 0.15) is 34.0 Å². The van der Waals surface area contributed by atoms with Crippen LogP contribution in [-0.4, -0.2) is 27.2 Å². The zero-order valence-corrected chi connectivity index (χ0v) is 19.6. The lowest BCUT2D eigenvalue weighted by Gasteiger charge is -2.26. The summed E-state index contributed by atoms with van der Waals surface area (Å²) in [6.45, 7) is 6.36. The van der Waals surface area contributed by atoms with Crippen molar-refractivity contribution >= 4 is 27.3 Å². The third-order valence-corrected chi connectivity index (χ3v) is 6.18. The number of amides is 1. The molecule has 3 aromatic carbocycles. The Morgan fingerprint density at radius 2 is 1.56 bits per heavy atom. The average Bonchev–Trinajstić information content (AvgIpc) is 2.74. The zero-order valence-electron chi connectivity index (χ0n) is 18.8. The number of ether oxygens (including phenoxy) is 1. The molecule has 0 bridgehead atoms. The van der Waals surface area contributed by atoms with E-state index < -0.39 is 10.0 Å². The lowest BCUT2D eigenvalue weighted by molar-refractivity contribution is 0.102. The van der Waals surface area contributed by atoms with Crippen molar-refractivity contribution in [1.82, 2.24) is 0 Å². The molecule has 6 nitrogen and oxygen atoms in total. The predicted octanol–water partition coefficient (Wildman–Crippen LogP) is 4.92. The molecule has 1 N–H and O–H groups in total. The van der Waals surface area contributed by atoms with E-state index in [1.807, 2.05) is 51.1 Å². The normalized spacial score (nSPS) is 11.1. The van der Waals surface area contributed by atoms with E-state index in [0.29, 0.717) is 29.3 Å². The Morgan fingerprint density at radius 1 is 0.938 bits per heavy atom. The summed E-state index contributed by atoms with van der Waals surface area (Å²) in [5.74, 6) is 0.343. The van der Waals surface area contributed by atoms with Gasteiger partial charge < -0.3 is 10.1 Å². The van der Waals surface area contributed by atoms with Crippen LogP contribution >= 0.6 is 0 Å². The summed E-state index contributed by atoms with van der Waals surface area (Å²) in [4.78, 5) is 12.7. The highest BCUT2D eigenvalue weighted by Crippen LogP contribution is 2.29. The van der Waals surface area contributed by atoms with Crippen molar-refractivity contribution in [2.24, 2.45) is 0 Å². The number of sulfonamides is 1. The van der Waals surface area contributed by atoms with E-state index in [2.05, 4.69) is 5.32 Å². The maximum atomic E-state index is 12.7. The second-order valence-electron chi connectivity index (χ2n) is 7.59. The second-order valence-corrected chi connectivity index (χ2v) is 9.50. The second kappa shape index (κ2) is 9.87. The smallest absolute Gasteiger partial charge is 0.255 e. The van der Waals surface area contributed by atoms with Crippen LogP contribution in [0.3, 0.4) is 0 Å². The van der Waals surface area contributed by atoms with Crippen molar-refractivity contribution in [2.45, 2.75) is 27.3 Å². The number of anilines is 2. The summed E-state index contributed by atoms with van der Waals surface area (Å²) in [6.07, 6.45) is 1.20. The molecule has 168 valence electrons. The maximum absolute atomic E-state index is 12.7. The lowest BCUT2D eigenvalue weighted by Crippen LogP contribution is -2.30. The van der Waals surface area contributed by atoms with E-state index in [0.717, 1.165) is 16.7 Å². The van der Waals surface area contributed by atoms with E-state index in [9.17, 15) is 13.2 Å². The van der Waals surface area contributed by atoms with Crippen LogP contribution in [0.2, 0.25) is 0 Å². The van der Waals surface area contributed by atoms with E-state index in [1.165, 1.54) is 10.6 Å². The summed E-state index contributed by atoms with van der Waals surface area (Å²) in [7, 11) is -3.50. The van der Waals surface area contributed by atoms with Gasteiger partial charge >= 0.3 is 0 Å². The Balaban J connectivity index is 1.81. The van der Waals surface area contributed by atoms with Crippen molar-refractivity contribution in [2.75, 3.05) is 22.5 Å². The molecule has 3 aromatic rings. The number of nitrogens with one attached hydrogen (secondary N) is 1. The monoisotopic (exact) mass is 452 g/mol. The van der Waals surface area contributed by atoms with Gasteiger partial charge in [0.2, 0.25) is 10.0 Å². The van der Waals surface area contributed by atoms with Crippen LogP contribution in [0.15, 0.2) is 66.7 Å². The third-order valence-electron chi connectivity index (χ3n) is 5.07. The fraction of sp³-hybridized carbons (Fsp3) is 0.240. The molecule has 32 heavy (non-hydrogen) atoms. The highest BCUT2D eigenvalue weighted by molar-refractivity contribution is 7.92. The van der Waals surface area contributed by atoms with E-state index >= 15 is 0 Å². The Labute approximate surface area is 189 Å². The first-order valence-corrected chi connectivity index (χ1v) is 12.2. The summed E-state index contributed by atoms with van der Waals surface area (Å²) in [5.41, 5.74) is 4.31. The number of carbonyl (C=O) groups is 1. The Bertz CT molecular complexity index is 1180. The van der Waals surface area contributed by atoms with Gasteiger partial charge in [0.1, 0.15) is 5.75 Å². The van der Waals surface area contributed by atoms with Gasteiger partial charge in [-0.25, -0.2) is 8.42 Å². The van der Waals surface area contributed by atoms with Gasteiger partial charge in [-0.05, 0) is 61.7 Å². The molecule has 0 aromatic heterocycles. The standard InChI is InChI=1S/C25H28N2O4S/c1-5-31-23-12-7-6-11-22(23)26-25(28)21-15-13-20(14-16-21)17-27(32(4,29)30)24-18(2)9-8-10-19(24)3/h6-16H,5,17H2,1-4H3,(H,26,28). The molecule has 0 unspecified atom stereocenters. The van der Waals surface area contributed by atoms with Gasteiger partial charge in [-0.1, -0.05) is 42.5 Å². The molecule has 0 aliphatic heterocycles. The van der Waals surface area contributed by atoms with Crippen molar-refractivity contribution in [3.63, 3.8) is 0 Å². The summed E-state index contributed by atoms with van der Waals surface area (Å²) < 4.78 is 32.1. The molecule has 7 heteroatoms. The minimum Gasteiger partial charge on any atom is -0.492 e. The topological polar surface area (TPSA) is 75.7 Å². The van der Waals surface area contributed by atoms with Gasteiger partial charge in [-0.15, -0.1) is 0 Å². The van der Waals surface area contributed by atoms with Gasteiger partial charge in [0.05, 0.1) is 30.8 Å². The van der Waals surface area contributed by atoms with Gasteiger partial charge in [-0.3, -0.25) is 9.10 Å². The van der Waals surface area contributed by atoms with E-state index in [1.54, 1.807) is 36.4 Å². The highest BCUT2D eigenvalue weighted by atomic mass is 32.2. The first-order valence-electron chi connectivity index (χ1n) is 10.4. The SMILES string of the molecule is CCOc1ccccc1NC(=O)c1ccc(CN(c2c(C)cccc2C)S(C)(=O)=O)cc1. The van der Waals surface area contributed by atoms with Crippen LogP contribution in [0.4, 0.5) is 11.4 Å². The first-order chi connectivity index (χ1) is 15.2. The number of nitrogens with zero attached hydrogens (tertiary/aromatic N) is 1. The van der Waals surface area contributed by atoms with Crippen LogP contribution in [0.5, 0.6) is 5.75 Å². The number of rotatable bonds is 8. The largest absolute Gasteiger partial charge is 0.492 e. The van der Waals surface area contributed by atoms with Crippen molar-refractivity contribution in [1.29, 1.82) is 0 Å². The number of hydrogen-bond acceptors (Lipinski definition) is 4. The third kappa shape index (κ3) is 5.48. The summed E-state index contributed by atoms with van der Waals surface area (Å²) in [5, 5.41) is 2.87. The molecule has 0 saturated heterocycles. The predicted molar refractivity (Wildman–Crippen MR) is 129 cm³/mol. The van der Waals surface area contributed by atoms with Gasteiger partial charge in [0.25, 0.3) is 5.91 Å². The Kier molecular flexibility index (Phi) is 7.20. The Morgan fingerprint density at radius 3 is 2.16 bits per heavy atom. The van der Waals surface area contributed by atoms with Crippen molar-refractivity contribution in [3.8, 4) is 5.75 Å². The molecule has 0 atom stereocenters. The van der Waals surface area contributed by atoms with Crippen molar-refractivity contribution < 1.29 is 17.9 Å². The molecule has 3 rings (SSSR count). The Hall–Kier alpha value is -3.32. The number of carbonyl (C=O) groups excluding carboxylic acids is 1. The molecule has 1 amide bonds. The van der Waals surface area contributed by atoms with Crippen LogP contribution in [0, 0.1) is 13.8 Å². The van der Waals surface area contributed by atoms with E-state index in [-0.39, 0.29) is 12.5 Å². The molecule has 0 fully saturated rings. The number of para-hydroxylation sites is 3. The fourth-order valence-electron chi connectivity index (χ4n) is 3.53. The molecular weight excluding hydrogens is 424 g/mol. The molecule has 0 spiro atoms. The van der Waals surface area contributed by atoms with Crippen LogP contribution in [-0.2, 0) is 16.6 Å². The molecule has 0 aliphatic rings. The highest BCUT2D eigenvalue weighted by Gasteiger charge is 2.21. The number of hydrogen-bond donors (Lipinski definition) is 1. The van der Waals surface area contributed by atoms with Gasteiger partial charge in [-0.2, -0.15) is 0 Å².